The maximum Gasteiger partial charge on any atom is 0.293 e. The Morgan fingerprint density at radius 3 is 2.48 bits per heavy atom. The maximum absolute atomic E-state index is 12.5. The van der Waals surface area contributed by atoms with Crippen LogP contribution in [0.3, 0.4) is 0 Å². The van der Waals surface area contributed by atoms with Crippen molar-refractivity contribution in [3.63, 3.8) is 0 Å². The largest absolute Gasteiger partial charge is 0.393 e. The van der Waals surface area contributed by atoms with E-state index < -0.39 is 26.2 Å². The van der Waals surface area contributed by atoms with E-state index in [9.17, 15) is 23.6 Å². The Morgan fingerprint density at radius 2 is 1.95 bits per heavy atom. The number of nitrogen functional groups attached to an aromatic ring is 1. The second-order valence-electron chi connectivity index (χ2n) is 5.38. The maximum atomic E-state index is 12.5. The van der Waals surface area contributed by atoms with E-state index in [0.717, 1.165) is 6.07 Å². The van der Waals surface area contributed by atoms with E-state index in [-0.39, 0.29) is 23.7 Å². The van der Waals surface area contributed by atoms with Gasteiger partial charge >= 0.3 is 0 Å². The van der Waals surface area contributed by atoms with Crippen LogP contribution in [-0.2, 0) is 10.0 Å². The van der Waals surface area contributed by atoms with Gasteiger partial charge in [0, 0.05) is 19.2 Å². The molecule has 0 bridgehead atoms. The van der Waals surface area contributed by atoms with Crippen LogP contribution in [0.25, 0.3) is 0 Å². The highest BCUT2D eigenvalue weighted by molar-refractivity contribution is 7.89. The predicted octanol–water partition coefficient (Wildman–Crippen LogP) is 0.713. The number of nitro benzene ring substituents is 1. The summed E-state index contributed by atoms with van der Waals surface area (Å²) in [6.07, 6.45) is 0.645. The lowest BCUT2D eigenvalue weighted by Gasteiger charge is -2.34. The fourth-order valence-corrected chi connectivity index (χ4v) is 3.66. The first-order valence-corrected chi connectivity index (χ1v) is 7.84. The zero-order chi connectivity index (χ0) is 15.8. The van der Waals surface area contributed by atoms with Crippen molar-refractivity contribution in [3.05, 3.63) is 28.3 Å². The van der Waals surface area contributed by atoms with Crippen LogP contribution < -0.4 is 5.73 Å². The molecule has 0 unspecified atom stereocenters. The van der Waals surface area contributed by atoms with Crippen molar-refractivity contribution in [2.75, 3.05) is 18.8 Å². The van der Waals surface area contributed by atoms with Crippen LogP contribution in [0.15, 0.2) is 23.1 Å². The third-order valence-electron chi connectivity index (χ3n) is 3.64. The van der Waals surface area contributed by atoms with E-state index in [1.807, 2.05) is 0 Å². The number of sulfonamides is 1. The van der Waals surface area contributed by atoms with Gasteiger partial charge in [0.15, 0.2) is 0 Å². The molecule has 9 heteroatoms. The number of aliphatic hydroxyl groups is 1. The first-order valence-electron chi connectivity index (χ1n) is 6.40. The predicted molar refractivity (Wildman–Crippen MR) is 76.1 cm³/mol. The van der Waals surface area contributed by atoms with Crippen LogP contribution in [0.5, 0.6) is 0 Å². The second-order valence-corrected chi connectivity index (χ2v) is 7.32. The minimum atomic E-state index is -3.82. The summed E-state index contributed by atoms with van der Waals surface area (Å²) >= 11 is 0. The minimum absolute atomic E-state index is 0.0828. The minimum Gasteiger partial charge on any atom is -0.393 e. The second kappa shape index (κ2) is 5.24. The summed E-state index contributed by atoms with van der Waals surface area (Å²) in [5.74, 6) is 0. The van der Waals surface area contributed by atoms with Gasteiger partial charge in [-0.15, -0.1) is 0 Å². The molecule has 0 saturated carbocycles. The Hall–Kier alpha value is -1.71. The molecule has 1 saturated heterocycles. The summed E-state index contributed by atoms with van der Waals surface area (Å²) in [6, 6.07) is 3.44. The van der Waals surface area contributed by atoms with Crippen LogP contribution in [-0.4, -0.2) is 41.4 Å². The Morgan fingerprint density at radius 1 is 1.38 bits per heavy atom. The van der Waals surface area contributed by atoms with Gasteiger partial charge in [-0.3, -0.25) is 10.1 Å². The normalized spacial score (nSPS) is 19.3. The van der Waals surface area contributed by atoms with Gasteiger partial charge in [-0.2, -0.15) is 4.31 Å². The average Bonchev–Trinajstić information content (AvgIpc) is 2.38. The molecule has 1 fully saturated rings. The third kappa shape index (κ3) is 3.14. The van der Waals surface area contributed by atoms with E-state index in [4.69, 9.17) is 5.73 Å². The molecule has 3 N–H and O–H groups in total. The Labute approximate surface area is 122 Å². The van der Waals surface area contributed by atoms with Gasteiger partial charge in [-0.1, -0.05) is 0 Å². The summed E-state index contributed by atoms with van der Waals surface area (Å²) in [5, 5.41) is 20.7. The third-order valence-corrected chi connectivity index (χ3v) is 5.53. The van der Waals surface area contributed by atoms with Crippen molar-refractivity contribution in [2.24, 2.45) is 0 Å². The van der Waals surface area contributed by atoms with Crippen molar-refractivity contribution in [1.82, 2.24) is 4.31 Å². The van der Waals surface area contributed by atoms with E-state index in [2.05, 4.69) is 0 Å². The van der Waals surface area contributed by atoms with Gasteiger partial charge in [0.05, 0.1) is 15.4 Å². The smallest absolute Gasteiger partial charge is 0.293 e. The SMILES string of the molecule is CC1(O)CCN(S(=O)(=O)c2ccc(N)c([N+](=O)[O-])c2)CC1. The number of rotatable bonds is 3. The number of nitrogens with two attached hydrogens (primary N) is 1. The van der Waals surface area contributed by atoms with E-state index in [1.165, 1.54) is 16.4 Å². The summed E-state index contributed by atoms with van der Waals surface area (Å²) in [6.45, 7) is 2.01. The van der Waals surface area contributed by atoms with Gasteiger partial charge < -0.3 is 10.8 Å². The van der Waals surface area contributed by atoms with Crippen molar-refractivity contribution >= 4 is 21.4 Å². The average molecular weight is 315 g/mol. The molecule has 1 aromatic rings. The zero-order valence-electron chi connectivity index (χ0n) is 11.5. The summed E-state index contributed by atoms with van der Waals surface area (Å²) in [5.41, 5.74) is 4.08. The first kappa shape index (κ1) is 15.7. The molecular weight excluding hydrogens is 298 g/mol. The summed E-state index contributed by atoms with van der Waals surface area (Å²) in [4.78, 5) is 9.97. The highest BCUT2D eigenvalue weighted by Gasteiger charge is 2.34. The summed E-state index contributed by atoms with van der Waals surface area (Å²) in [7, 11) is -3.82. The number of hydrogen-bond acceptors (Lipinski definition) is 6. The number of piperidine rings is 1. The van der Waals surface area contributed by atoms with Gasteiger partial charge in [0.2, 0.25) is 10.0 Å². The number of benzene rings is 1. The van der Waals surface area contributed by atoms with Crippen LogP contribution in [0.2, 0.25) is 0 Å². The molecule has 2 rings (SSSR count). The lowest BCUT2D eigenvalue weighted by Crippen LogP contribution is -2.45. The Kier molecular flexibility index (Phi) is 3.91. The van der Waals surface area contributed by atoms with Gasteiger partial charge in [0.25, 0.3) is 5.69 Å². The first-order chi connectivity index (χ1) is 9.63. The van der Waals surface area contributed by atoms with Crippen LogP contribution in [0, 0.1) is 10.1 Å². The molecule has 116 valence electrons. The standard InChI is InChI=1S/C12H17N3O5S/c1-12(16)4-6-14(7-5-12)21(19,20)9-2-3-10(13)11(8-9)15(17)18/h2-3,8,16H,4-7,13H2,1H3. The topological polar surface area (TPSA) is 127 Å². The number of anilines is 1. The molecule has 0 radical (unpaired) electrons. The molecule has 1 aromatic carbocycles. The fraction of sp³-hybridized carbons (Fsp3) is 0.500. The van der Waals surface area contributed by atoms with Crippen molar-refractivity contribution in [3.8, 4) is 0 Å². The molecule has 8 nitrogen and oxygen atoms in total. The quantitative estimate of drug-likeness (QED) is 0.480. The molecule has 0 aromatic heterocycles. The Balaban J connectivity index is 2.33. The van der Waals surface area contributed by atoms with Crippen LogP contribution in [0.1, 0.15) is 19.8 Å². The lowest BCUT2D eigenvalue weighted by atomic mass is 9.95. The molecule has 0 aliphatic carbocycles. The zero-order valence-corrected chi connectivity index (χ0v) is 12.3. The van der Waals surface area contributed by atoms with Gasteiger partial charge in [0.1, 0.15) is 5.69 Å². The van der Waals surface area contributed by atoms with Gasteiger partial charge in [-0.05, 0) is 31.9 Å². The molecule has 21 heavy (non-hydrogen) atoms. The number of hydrogen-bond donors (Lipinski definition) is 2. The van der Waals surface area contributed by atoms with Gasteiger partial charge in [-0.25, -0.2) is 8.42 Å². The monoisotopic (exact) mass is 315 g/mol. The molecule has 0 spiro atoms. The van der Waals surface area contributed by atoms with Crippen molar-refractivity contribution < 1.29 is 18.4 Å². The highest BCUT2D eigenvalue weighted by atomic mass is 32.2. The summed E-state index contributed by atoms with van der Waals surface area (Å²) < 4.78 is 26.2. The van der Waals surface area contributed by atoms with E-state index >= 15 is 0 Å². The van der Waals surface area contributed by atoms with Crippen molar-refractivity contribution in [2.45, 2.75) is 30.3 Å². The number of nitro groups is 1. The molecule has 0 amide bonds. The van der Waals surface area contributed by atoms with E-state index in [0.29, 0.717) is 12.8 Å². The molecule has 0 atom stereocenters. The lowest BCUT2D eigenvalue weighted by molar-refractivity contribution is -0.384. The van der Waals surface area contributed by atoms with Crippen molar-refractivity contribution in [1.29, 1.82) is 0 Å². The van der Waals surface area contributed by atoms with E-state index in [1.54, 1.807) is 6.92 Å². The molecule has 1 heterocycles. The fourth-order valence-electron chi connectivity index (χ4n) is 2.20. The number of nitrogens with zero attached hydrogens (tertiary/aromatic N) is 2. The van der Waals surface area contributed by atoms with Crippen LogP contribution in [0.4, 0.5) is 11.4 Å². The molecule has 1 aliphatic heterocycles. The molecular formula is C12H17N3O5S. The highest BCUT2D eigenvalue weighted by Crippen LogP contribution is 2.29. The van der Waals surface area contributed by atoms with Crippen LogP contribution >= 0.6 is 0 Å². The molecule has 1 aliphatic rings. The Bertz CT molecular complexity index is 661.